The molecule has 2 aliphatic carbocycles. The topological polar surface area (TPSA) is 100 Å². The molecule has 2 aliphatic heterocycles. The molecule has 7 atom stereocenters. The largest absolute Gasteiger partial charge is 0.446 e. The van der Waals surface area contributed by atoms with Gasteiger partial charge in [-0.1, -0.05) is 49.6 Å². The number of amides is 2. The minimum absolute atomic E-state index is 0.0324. The molecule has 2 saturated heterocycles. The molecule has 228 valence electrons. The van der Waals surface area contributed by atoms with Gasteiger partial charge in [0.25, 0.3) is 0 Å². The van der Waals surface area contributed by atoms with Crippen molar-refractivity contribution in [3.8, 4) is 0 Å². The number of hydrogen-bond acceptors (Lipinski definition) is 6. The number of likely N-dealkylation sites (tertiary alicyclic amines) is 1. The first-order chi connectivity index (χ1) is 19.6. The Morgan fingerprint density at radius 2 is 1.85 bits per heavy atom. The van der Waals surface area contributed by atoms with Crippen LogP contribution >= 0.6 is 0 Å². The van der Waals surface area contributed by atoms with Crippen LogP contribution in [-0.2, 0) is 20.7 Å². The van der Waals surface area contributed by atoms with Gasteiger partial charge >= 0.3 is 6.09 Å². The first-order valence-electron chi connectivity index (χ1n) is 16.0. The summed E-state index contributed by atoms with van der Waals surface area (Å²) in [6.07, 6.45) is 9.18. The van der Waals surface area contributed by atoms with E-state index in [1.54, 1.807) is 0 Å². The fraction of sp³-hybridized carbons (Fsp3) is 0.758. The third-order valence-corrected chi connectivity index (χ3v) is 9.77. The Balaban J connectivity index is 1.27. The van der Waals surface area contributed by atoms with Gasteiger partial charge in [-0.25, -0.2) is 4.79 Å². The van der Waals surface area contributed by atoms with Gasteiger partial charge in [-0.15, -0.1) is 0 Å². The number of hydrogen-bond donors (Lipinski definition) is 3. The molecular formula is C33H51N3O5. The summed E-state index contributed by atoms with van der Waals surface area (Å²) in [5.41, 5.74) is 0.583. The van der Waals surface area contributed by atoms with Crippen LogP contribution in [0.1, 0.15) is 90.5 Å². The van der Waals surface area contributed by atoms with E-state index >= 15 is 0 Å². The fourth-order valence-electron chi connectivity index (χ4n) is 7.74. The first kappa shape index (κ1) is 30.3. The standard InChI is InChI=1S/C33H51N3O5/c1-32(2,3)35-30(38)28-19-24-12-7-8-13-25(24)21-36(28)22-29(37)27(18-23-10-5-4-6-11-23)34-31(39)41-26-14-16-33(20-26)15-9-17-40-33/h4-6,10-11,24-29,37H,7-9,12-22H2,1-3H3,(H,34,39)(H,35,38)/t24-,25+,26?,27-,28-,29+,33-/m0/s1. The lowest BCUT2D eigenvalue weighted by Gasteiger charge is -2.47. The molecule has 8 nitrogen and oxygen atoms in total. The highest BCUT2D eigenvalue weighted by Gasteiger charge is 2.45. The molecule has 2 heterocycles. The number of piperidine rings is 1. The molecule has 4 aliphatic rings. The molecule has 1 aromatic rings. The molecule has 4 fully saturated rings. The zero-order valence-electron chi connectivity index (χ0n) is 25.3. The van der Waals surface area contributed by atoms with Crippen LogP contribution in [-0.4, -0.2) is 77.1 Å². The number of benzene rings is 1. The second-order valence-corrected chi connectivity index (χ2v) is 14.2. The third kappa shape index (κ3) is 8.02. The Kier molecular flexibility index (Phi) is 9.61. The number of nitrogens with zero attached hydrogens (tertiary/aromatic N) is 1. The maximum Gasteiger partial charge on any atom is 0.407 e. The highest BCUT2D eigenvalue weighted by molar-refractivity contribution is 5.82. The molecule has 0 bridgehead atoms. The average molecular weight is 570 g/mol. The van der Waals surface area contributed by atoms with E-state index in [2.05, 4.69) is 15.5 Å². The van der Waals surface area contributed by atoms with E-state index in [9.17, 15) is 14.7 Å². The molecule has 41 heavy (non-hydrogen) atoms. The van der Waals surface area contributed by atoms with Crippen LogP contribution in [0, 0.1) is 11.8 Å². The summed E-state index contributed by atoms with van der Waals surface area (Å²) in [4.78, 5) is 28.8. The summed E-state index contributed by atoms with van der Waals surface area (Å²) in [6.45, 7) is 7.93. The van der Waals surface area contributed by atoms with Crippen molar-refractivity contribution in [2.24, 2.45) is 11.8 Å². The number of aliphatic hydroxyl groups excluding tert-OH is 1. The van der Waals surface area contributed by atoms with E-state index < -0.39 is 18.2 Å². The monoisotopic (exact) mass is 569 g/mol. The maximum atomic E-state index is 13.5. The Hall–Kier alpha value is -2.16. The lowest BCUT2D eigenvalue weighted by Crippen LogP contribution is -2.60. The van der Waals surface area contributed by atoms with Gasteiger partial charge in [0.1, 0.15) is 6.10 Å². The van der Waals surface area contributed by atoms with E-state index in [0.717, 1.165) is 57.2 Å². The Morgan fingerprint density at radius 3 is 2.56 bits per heavy atom. The van der Waals surface area contributed by atoms with Crippen molar-refractivity contribution >= 4 is 12.0 Å². The second kappa shape index (κ2) is 13.0. The summed E-state index contributed by atoms with van der Waals surface area (Å²) < 4.78 is 11.9. The van der Waals surface area contributed by atoms with Crippen LogP contribution < -0.4 is 10.6 Å². The molecule has 0 aromatic heterocycles. The number of nitrogens with one attached hydrogen (secondary N) is 2. The zero-order valence-corrected chi connectivity index (χ0v) is 25.3. The molecule has 1 unspecified atom stereocenters. The van der Waals surface area contributed by atoms with E-state index in [1.807, 2.05) is 51.1 Å². The minimum atomic E-state index is -0.860. The Morgan fingerprint density at radius 1 is 1.10 bits per heavy atom. The zero-order chi connectivity index (χ0) is 29.0. The van der Waals surface area contributed by atoms with E-state index in [4.69, 9.17) is 9.47 Å². The lowest BCUT2D eigenvalue weighted by molar-refractivity contribution is -0.132. The quantitative estimate of drug-likeness (QED) is 0.424. The molecule has 0 radical (unpaired) electrons. The van der Waals surface area contributed by atoms with Gasteiger partial charge in [0.2, 0.25) is 5.91 Å². The molecule has 1 spiro atoms. The van der Waals surface area contributed by atoms with Crippen LogP contribution in [0.2, 0.25) is 0 Å². The normalized spacial score (nSPS) is 31.8. The summed E-state index contributed by atoms with van der Waals surface area (Å²) in [5, 5.41) is 17.9. The first-order valence-corrected chi connectivity index (χ1v) is 16.0. The van der Waals surface area contributed by atoms with E-state index in [-0.39, 0.29) is 29.2 Å². The van der Waals surface area contributed by atoms with Gasteiger partial charge in [-0.2, -0.15) is 0 Å². The molecule has 2 amide bonds. The van der Waals surface area contributed by atoms with Crippen molar-refractivity contribution in [2.45, 2.75) is 127 Å². The van der Waals surface area contributed by atoms with Crippen molar-refractivity contribution in [3.05, 3.63) is 35.9 Å². The van der Waals surface area contributed by atoms with Crippen molar-refractivity contribution in [1.82, 2.24) is 15.5 Å². The van der Waals surface area contributed by atoms with Gasteiger partial charge in [-0.3, -0.25) is 9.69 Å². The Labute approximate surface area is 245 Å². The smallest absolute Gasteiger partial charge is 0.407 e. The molecular weight excluding hydrogens is 518 g/mol. The van der Waals surface area contributed by atoms with Gasteiger partial charge in [0.05, 0.1) is 23.8 Å². The third-order valence-electron chi connectivity index (χ3n) is 9.77. The number of aliphatic hydroxyl groups is 1. The van der Waals surface area contributed by atoms with E-state index in [0.29, 0.717) is 24.8 Å². The summed E-state index contributed by atoms with van der Waals surface area (Å²) in [5.74, 6) is 1.14. The highest BCUT2D eigenvalue weighted by Crippen LogP contribution is 2.42. The summed E-state index contributed by atoms with van der Waals surface area (Å²) >= 11 is 0. The number of fused-ring (bicyclic) bond motifs is 1. The van der Waals surface area contributed by atoms with Crippen LogP contribution in [0.15, 0.2) is 30.3 Å². The van der Waals surface area contributed by atoms with Gasteiger partial charge < -0.3 is 25.2 Å². The van der Waals surface area contributed by atoms with Crippen LogP contribution in [0.3, 0.4) is 0 Å². The minimum Gasteiger partial charge on any atom is -0.446 e. The fourth-order valence-corrected chi connectivity index (χ4v) is 7.74. The number of carbonyl (C=O) groups is 2. The summed E-state index contributed by atoms with van der Waals surface area (Å²) in [6, 6.07) is 9.10. The number of β-amino-alcohol motifs (C(OH)–C–C–N with tert-alkyl or cyclic N) is 1. The highest BCUT2D eigenvalue weighted by atomic mass is 16.6. The molecule has 5 rings (SSSR count). The van der Waals surface area contributed by atoms with Crippen LogP contribution in [0.4, 0.5) is 4.79 Å². The van der Waals surface area contributed by atoms with Crippen LogP contribution in [0.25, 0.3) is 0 Å². The lowest BCUT2D eigenvalue weighted by atomic mass is 9.72. The number of rotatable bonds is 8. The van der Waals surface area contributed by atoms with Crippen molar-refractivity contribution in [2.75, 3.05) is 19.7 Å². The average Bonchev–Trinajstić information content (AvgIpc) is 3.56. The molecule has 8 heteroatoms. The van der Waals surface area contributed by atoms with Crippen molar-refractivity contribution in [1.29, 1.82) is 0 Å². The molecule has 3 N–H and O–H groups in total. The number of carbonyl (C=O) groups excluding carboxylic acids is 2. The van der Waals surface area contributed by atoms with Crippen LogP contribution in [0.5, 0.6) is 0 Å². The van der Waals surface area contributed by atoms with Gasteiger partial charge in [-0.05, 0) is 83.1 Å². The SMILES string of the molecule is CC(C)(C)NC(=O)[C@@H]1C[C@@H]2CCCC[C@@H]2CN1C[C@@H](O)[C@H](Cc1ccccc1)NC(=O)OC1CC[C@@]2(CCCO2)C1. The summed E-state index contributed by atoms with van der Waals surface area (Å²) in [7, 11) is 0. The second-order valence-electron chi connectivity index (χ2n) is 14.2. The number of ether oxygens (including phenoxy) is 2. The molecule has 2 saturated carbocycles. The Bertz CT molecular complexity index is 1020. The van der Waals surface area contributed by atoms with Crippen molar-refractivity contribution in [3.63, 3.8) is 0 Å². The van der Waals surface area contributed by atoms with E-state index in [1.165, 1.54) is 25.7 Å². The maximum absolute atomic E-state index is 13.5. The van der Waals surface area contributed by atoms with Gasteiger partial charge in [0.15, 0.2) is 0 Å². The van der Waals surface area contributed by atoms with Gasteiger partial charge in [0, 0.05) is 31.7 Å². The molecule has 1 aromatic carbocycles. The number of alkyl carbamates (subject to hydrolysis) is 1. The predicted molar refractivity (Wildman–Crippen MR) is 158 cm³/mol. The predicted octanol–water partition coefficient (Wildman–Crippen LogP) is 4.58. The van der Waals surface area contributed by atoms with Crippen molar-refractivity contribution < 1.29 is 24.2 Å².